The van der Waals surface area contributed by atoms with Crippen molar-refractivity contribution in [2.24, 2.45) is 0 Å². The highest BCUT2D eigenvalue weighted by atomic mass is 16.5. The van der Waals surface area contributed by atoms with Crippen LogP contribution in [0.15, 0.2) is 54.1 Å². The van der Waals surface area contributed by atoms with E-state index in [0.29, 0.717) is 24.4 Å². The number of aliphatic hydroxyl groups is 1. The number of amides is 1. The molecule has 1 aliphatic rings. The summed E-state index contributed by atoms with van der Waals surface area (Å²) in [5.41, 5.74) is 2.34. The van der Waals surface area contributed by atoms with Crippen LogP contribution in [0.25, 0.3) is 5.76 Å². The second-order valence-corrected chi connectivity index (χ2v) is 8.01. The summed E-state index contributed by atoms with van der Waals surface area (Å²) in [4.78, 5) is 31.4. The van der Waals surface area contributed by atoms with Gasteiger partial charge in [0.1, 0.15) is 11.5 Å². The summed E-state index contributed by atoms with van der Waals surface area (Å²) in [7, 11) is 9.27. The van der Waals surface area contributed by atoms with Gasteiger partial charge in [-0.15, -0.1) is 0 Å². The fraction of sp³-hybridized carbons (Fsp3) is 0.333. The number of ketones is 1. The van der Waals surface area contributed by atoms with Gasteiger partial charge in [0, 0.05) is 38.4 Å². The third kappa shape index (κ3) is 4.56. The average Bonchev–Trinajstić information content (AvgIpc) is 3.02. The number of anilines is 1. The van der Waals surface area contributed by atoms with E-state index < -0.39 is 17.7 Å². The molecule has 31 heavy (non-hydrogen) atoms. The monoisotopic (exact) mass is 423 g/mol. The second kappa shape index (κ2) is 9.22. The summed E-state index contributed by atoms with van der Waals surface area (Å²) in [6, 6.07) is 13.8. The Balaban J connectivity index is 2.11. The molecule has 0 aliphatic carbocycles. The number of methoxy groups -OCH3 is 1. The fourth-order valence-electron chi connectivity index (χ4n) is 3.62. The van der Waals surface area contributed by atoms with Crippen molar-refractivity contribution in [1.29, 1.82) is 0 Å². The number of nitrogens with zero attached hydrogens (tertiary/aromatic N) is 3. The number of likely N-dealkylation sites (tertiary alicyclic amines) is 1. The molecule has 0 bridgehead atoms. The topological polar surface area (TPSA) is 73.3 Å². The molecule has 1 amide bonds. The Morgan fingerprint density at radius 3 is 2.13 bits per heavy atom. The van der Waals surface area contributed by atoms with Gasteiger partial charge in [0.05, 0.1) is 18.7 Å². The molecule has 1 heterocycles. The van der Waals surface area contributed by atoms with E-state index >= 15 is 0 Å². The molecule has 1 atom stereocenters. The SMILES string of the molecule is COc1ccc(/C(O)=C2/C(=O)C(=O)N(CCN(C)C)C2c2ccc(N(C)C)cc2)cc1. The molecule has 1 saturated heterocycles. The van der Waals surface area contributed by atoms with Crippen molar-refractivity contribution < 1.29 is 19.4 Å². The first kappa shape index (κ1) is 22.4. The predicted molar refractivity (Wildman–Crippen MR) is 121 cm³/mol. The van der Waals surface area contributed by atoms with Gasteiger partial charge in [-0.25, -0.2) is 0 Å². The molecule has 2 aromatic carbocycles. The van der Waals surface area contributed by atoms with Gasteiger partial charge in [-0.05, 0) is 56.1 Å². The minimum atomic E-state index is -0.672. The molecule has 1 aliphatic heterocycles. The van der Waals surface area contributed by atoms with Crippen molar-refractivity contribution in [2.75, 3.05) is 53.3 Å². The maximum Gasteiger partial charge on any atom is 0.295 e. The van der Waals surface area contributed by atoms with E-state index in [4.69, 9.17) is 4.74 Å². The molecule has 1 fully saturated rings. The van der Waals surface area contributed by atoms with E-state index in [2.05, 4.69) is 0 Å². The molecular formula is C24H29N3O4. The number of hydrogen-bond acceptors (Lipinski definition) is 6. The summed E-state index contributed by atoms with van der Waals surface area (Å²) < 4.78 is 5.17. The van der Waals surface area contributed by atoms with Crippen LogP contribution in [0.1, 0.15) is 17.2 Å². The Morgan fingerprint density at radius 2 is 1.61 bits per heavy atom. The Kier molecular flexibility index (Phi) is 6.65. The zero-order valence-corrected chi connectivity index (χ0v) is 18.6. The molecule has 7 heteroatoms. The summed E-state index contributed by atoms with van der Waals surface area (Å²) in [6.07, 6.45) is 0. The predicted octanol–water partition coefficient (Wildman–Crippen LogP) is 2.74. The van der Waals surface area contributed by atoms with Gasteiger partial charge in [-0.1, -0.05) is 12.1 Å². The van der Waals surface area contributed by atoms with Gasteiger partial charge in [-0.2, -0.15) is 0 Å². The summed E-state index contributed by atoms with van der Waals surface area (Å²) in [5, 5.41) is 11.1. The van der Waals surface area contributed by atoms with Crippen LogP contribution in [0.5, 0.6) is 5.75 Å². The third-order valence-electron chi connectivity index (χ3n) is 5.42. The van der Waals surface area contributed by atoms with Crippen molar-refractivity contribution in [3.05, 3.63) is 65.2 Å². The standard InChI is InChI=1S/C24H29N3O4/c1-25(2)14-15-27-21(16-6-10-18(11-7-16)26(3)4)20(23(29)24(27)30)22(28)17-8-12-19(31-5)13-9-17/h6-13,21,28H,14-15H2,1-5H3/b22-20-. The smallest absolute Gasteiger partial charge is 0.295 e. The molecule has 1 N–H and O–H groups in total. The van der Waals surface area contributed by atoms with Crippen LogP contribution in [-0.4, -0.2) is 75.0 Å². The lowest BCUT2D eigenvalue weighted by atomic mass is 9.95. The van der Waals surface area contributed by atoms with Gasteiger partial charge in [0.25, 0.3) is 11.7 Å². The van der Waals surface area contributed by atoms with Crippen LogP contribution in [0, 0.1) is 0 Å². The Bertz CT molecular complexity index is 979. The highest BCUT2D eigenvalue weighted by molar-refractivity contribution is 6.46. The number of hydrogen-bond donors (Lipinski definition) is 1. The summed E-state index contributed by atoms with van der Waals surface area (Å²) >= 11 is 0. The van der Waals surface area contributed by atoms with E-state index in [-0.39, 0.29) is 11.3 Å². The largest absolute Gasteiger partial charge is 0.507 e. The van der Waals surface area contributed by atoms with Gasteiger partial charge < -0.3 is 24.5 Å². The Labute approximate surface area is 183 Å². The number of Topliss-reactive ketones (excluding diaryl/α,β-unsaturated/α-hetero) is 1. The number of ether oxygens (including phenoxy) is 1. The van der Waals surface area contributed by atoms with Gasteiger partial charge >= 0.3 is 0 Å². The molecule has 7 nitrogen and oxygen atoms in total. The molecule has 2 aromatic rings. The number of aliphatic hydroxyl groups excluding tert-OH is 1. The fourth-order valence-corrected chi connectivity index (χ4v) is 3.62. The first-order valence-corrected chi connectivity index (χ1v) is 10.1. The lowest BCUT2D eigenvalue weighted by Gasteiger charge is -2.27. The van der Waals surface area contributed by atoms with E-state index in [9.17, 15) is 14.7 Å². The normalized spacial score (nSPS) is 18.0. The number of likely N-dealkylation sites (N-methyl/N-ethyl adjacent to an activating group) is 1. The van der Waals surface area contributed by atoms with E-state index in [1.54, 1.807) is 36.3 Å². The van der Waals surface area contributed by atoms with Crippen LogP contribution in [-0.2, 0) is 9.59 Å². The van der Waals surface area contributed by atoms with Crippen molar-refractivity contribution in [1.82, 2.24) is 9.80 Å². The molecule has 0 radical (unpaired) electrons. The summed E-state index contributed by atoms with van der Waals surface area (Å²) in [6.45, 7) is 0.971. The highest BCUT2D eigenvalue weighted by Gasteiger charge is 2.45. The van der Waals surface area contributed by atoms with Gasteiger partial charge in [0.15, 0.2) is 0 Å². The number of carbonyl (C=O) groups excluding carboxylic acids is 2. The minimum absolute atomic E-state index is 0.103. The highest BCUT2D eigenvalue weighted by Crippen LogP contribution is 2.39. The first-order chi connectivity index (χ1) is 14.7. The van der Waals surface area contributed by atoms with Crippen molar-refractivity contribution in [3.8, 4) is 5.75 Å². The third-order valence-corrected chi connectivity index (χ3v) is 5.42. The van der Waals surface area contributed by atoms with Crippen LogP contribution >= 0.6 is 0 Å². The zero-order valence-electron chi connectivity index (χ0n) is 18.6. The lowest BCUT2D eigenvalue weighted by molar-refractivity contribution is -0.140. The van der Waals surface area contributed by atoms with Crippen molar-refractivity contribution in [3.63, 3.8) is 0 Å². The zero-order chi connectivity index (χ0) is 22.7. The number of rotatable bonds is 7. The molecule has 0 aromatic heterocycles. The van der Waals surface area contributed by atoms with Crippen molar-refractivity contribution >= 4 is 23.1 Å². The van der Waals surface area contributed by atoms with Crippen LogP contribution < -0.4 is 9.64 Å². The average molecular weight is 424 g/mol. The quantitative estimate of drug-likeness (QED) is 0.419. The maximum absolute atomic E-state index is 13.0. The van der Waals surface area contributed by atoms with Gasteiger partial charge in [0.2, 0.25) is 0 Å². The summed E-state index contributed by atoms with van der Waals surface area (Å²) in [5.74, 6) is -0.818. The van der Waals surface area contributed by atoms with E-state index in [1.165, 1.54) is 0 Å². The van der Waals surface area contributed by atoms with Gasteiger partial charge in [-0.3, -0.25) is 9.59 Å². The van der Waals surface area contributed by atoms with E-state index in [0.717, 1.165) is 11.3 Å². The minimum Gasteiger partial charge on any atom is -0.507 e. The lowest BCUT2D eigenvalue weighted by Crippen LogP contribution is -2.35. The van der Waals surface area contributed by atoms with E-state index in [1.807, 2.05) is 62.3 Å². The molecule has 1 unspecified atom stereocenters. The van der Waals surface area contributed by atoms with Crippen LogP contribution in [0.3, 0.4) is 0 Å². The molecule has 3 rings (SSSR count). The maximum atomic E-state index is 13.0. The number of benzene rings is 2. The van der Waals surface area contributed by atoms with Crippen LogP contribution in [0.4, 0.5) is 5.69 Å². The van der Waals surface area contributed by atoms with Crippen molar-refractivity contribution in [2.45, 2.75) is 6.04 Å². The Hall–Kier alpha value is -3.32. The van der Waals surface area contributed by atoms with Crippen LogP contribution in [0.2, 0.25) is 0 Å². The second-order valence-electron chi connectivity index (χ2n) is 8.01. The first-order valence-electron chi connectivity index (χ1n) is 10.1. The molecule has 0 spiro atoms. The molecule has 164 valence electrons. The molecular weight excluding hydrogens is 394 g/mol. The Morgan fingerprint density at radius 1 is 1.00 bits per heavy atom. The number of carbonyl (C=O) groups is 2. The molecule has 0 saturated carbocycles.